The molecule has 2 N–H and O–H groups in total. The molecule has 1 atom stereocenters. The first-order valence-electron chi connectivity index (χ1n) is 6.03. The Balaban J connectivity index is 2.01. The molecule has 0 amide bonds. The second kappa shape index (κ2) is 6.17. The van der Waals surface area contributed by atoms with Crippen molar-refractivity contribution >= 4 is 17.3 Å². The van der Waals surface area contributed by atoms with E-state index in [4.69, 9.17) is 16.3 Å². The quantitative estimate of drug-likeness (QED) is 0.826. The van der Waals surface area contributed by atoms with Gasteiger partial charge in [0.25, 0.3) is 5.56 Å². The fourth-order valence-electron chi connectivity index (χ4n) is 1.80. The highest BCUT2D eigenvalue weighted by Gasteiger charge is 2.14. The van der Waals surface area contributed by atoms with E-state index in [0.717, 1.165) is 13.2 Å². The van der Waals surface area contributed by atoms with Crippen LogP contribution in [0, 0.1) is 0 Å². The van der Waals surface area contributed by atoms with E-state index < -0.39 is 0 Å². The lowest BCUT2D eigenvalue weighted by molar-refractivity contribution is 0.0806. The molecule has 6 nitrogen and oxygen atoms in total. The third-order valence-electron chi connectivity index (χ3n) is 2.82. The van der Waals surface area contributed by atoms with E-state index in [2.05, 4.69) is 15.7 Å². The van der Waals surface area contributed by atoms with Gasteiger partial charge in [-0.1, -0.05) is 11.6 Å². The minimum absolute atomic E-state index is 0.184. The molecule has 0 spiro atoms. The van der Waals surface area contributed by atoms with E-state index in [9.17, 15) is 4.79 Å². The highest BCUT2D eigenvalue weighted by molar-refractivity contribution is 6.32. The molecule has 2 heterocycles. The molecule has 1 aromatic heterocycles. The van der Waals surface area contributed by atoms with Gasteiger partial charge in [-0.15, -0.1) is 0 Å². The number of hydrogen-bond acceptors (Lipinski definition) is 5. The summed E-state index contributed by atoms with van der Waals surface area (Å²) in [5, 5.41) is 10.6. The van der Waals surface area contributed by atoms with Gasteiger partial charge in [-0.05, 0) is 6.92 Å². The molecule has 18 heavy (non-hydrogen) atoms. The number of halogens is 1. The summed E-state index contributed by atoms with van der Waals surface area (Å²) in [5.74, 6) is 0. The number of ether oxygens (including phenoxy) is 1. The molecule has 0 saturated carbocycles. The fraction of sp³-hybridized carbons (Fsp3) is 0.636. The number of nitrogens with one attached hydrogen (secondary N) is 2. The maximum atomic E-state index is 11.8. The highest BCUT2D eigenvalue weighted by atomic mass is 35.5. The molecular weight excluding hydrogens is 256 g/mol. The van der Waals surface area contributed by atoms with Gasteiger partial charge in [-0.25, -0.2) is 4.68 Å². The Morgan fingerprint density at radius 2 is 2.56 bits per heavy atom. The number of nitrogens with zero attached hydrogens (tertiary/aromatic N) is 2. The van der Waals surface area contributed by atoms with Crippen LogP contribution in [0.3, 0.4) is 0 Å². The standard InChI is InChI=1S/C11H17ClN4O2/c1-2-16-11(17)10(12)9(6-15-16)14-5-8-7-18-4-3-13-8/h6,8,13-14H,2-5,7H2,1H3. The van der Waals surface area contributed by atoms with Gasteiger partial charge >= 0.3 is 0 Å². The molecule has 1 aliphatic rings. The van der Waals surface area contributed by atoms with E-state index in [-0.39, 0.29) is 16.6 Å². The van der Waals surface area contributed by atoms with Crippen molar-refractivity contribution in [2.75, 3.05) is 31.6 Å². The Morgan fingerprint density at radius 1 is 1.72 bits per heavy atom. The molecule has 1 fully saturated rings. The topological polar surface area (TPSA) is 68.2 Å². The molecule has 2 rings (SSSR count). The molecule has 100 valence electrons. The Bertz CT molecular complexity index is 457. The molecule has 0 aliphatic carbocycles. The first-order valence-corrected chi connectivity index (χ1v) is 6.40. The normalized spacial score (nSPS) is 19.8. The summed E-state index contributed by atoms with van der Waals surface area (Å²) < 4.78 is 6.67. The number of rotatable bonds is 4. The third-order valence-corrected chi connectivity index (χ3v) is 3.19. The fourth-order valence-corrected chi connectivity index (χ4v) is 2.01. The van der Waals surface area contributed by atoms with E-state index in [1.54, 1.807) is 6.20 Å². The van der Waals surface area contributed by atoms with Crippen molar-refractivity contribution in [1.82, 2.24) is 15.1 Å². The van der Waals surface area contributed by atoms with E-state index in [0.29, 0.717) is 25.4 Å². The van der Waals surface area contributed by atoms with Crippen LogP contribution in [0.4, 0.5) is 5.69 Å². The SMILES string of the molecule is CCn1ncc(NCC2COCCN2)c(Cl)c1=O. The van der Waals surface area contributed by atoms with Crippen molar-refractivity contribution < 1.29 is 4.74 Å². The second-order valence-corrected chi connectivity index (χ2v) is 4.48. The minimum atomic E-state index is -0.267. The molecule has 1 saturated heterocycles. The summed E-state index contributed by atoms with van der Waals surface area (Å²) in [6.45, 7) is 5.25. The van der Waals surface area contributed by atoms with Crippen LogP contribution < -0.4 is 16.2 Å². The van der Waals surface area contributed by atoms with Crippen LogP contribution in [0.2, 0.25) is 5.02 Å². The second-order valence-electron chi connectivity index (χ2n) is 4.10. The molecule has 1 unspecified atom stereocenters. The lowest BCUT2D eigenvalue weighted by Gasteiger charge is -2.24. The van der Waals surface area contributed by atoms with E-state index >= 15 is 0 Å². The first-order chi connectivity index (χ1) is 8.72. The van der Waals surface area contributed by atoms with Crippen molar-refractivity contribution in [3.05, 3.63) is 21.6 Å². The Hall–Kier alpha value is -1.11. The third kappa shape index (κ3) is 3.01. The Kier molecular flexibility index (Phi) is 4.57. The van der Waals surface area contributed by atoms with Crippen molar-refractivity contribution in [2.45, 2.75) is 19.5 Å². The zero-order valence-electron chi connectivity index (χ0n) is 10.3. The summed E-state index contributed by atoms with van der Waals surface area (Å²) in [6.07, 6.45) is 1.58. The molecule has 0 aromatic carbocycles. The molecule has 7 heteroatoms. The van der Waals surface area contributed by atoms with Crippen molar-refractivity contribution in [2.24, 2.45) is 0 Å². The van der Waals surface area contributed by atoms with Gasteiger partial charge in [0.2, 0.25) is 0 Å². The first kappa shape index (κ1) is 13.3. The number of hydrogen-bond donors (Lipinski definition) is 2. The minimum Gasteiger partial charge on any atom is -0.381 e. The van der Waals surface area contributed by atoms with Crippen LogP contribution in [0.15, 0.2) is 11.0 Å². The van der Waals surface area contributed by atoms with Gasteiger partial charge in [0.15, 0.2) is 0 Å². The summed E-state index contributed by atoms with van der Waals surface area (Å²) in [4.78, 5) is 11.8. The molecule has 0 bridgehead atoms. The molecule has 1 aliphatic heterocycles. The van der Waals surface area contributed by atoms with E-state index in [1.165, 1.54) is 4.68 Å². The Morgan fingerprint density at radius 3 is 3.22 bits per heavy atom. The average Bonchev–Trinajstić information content (AvgIpc) is 2.42. The zero-order chi connectivity index (χ0) is 13.0. The van der Waals surface area contributed by atoms with Crippen LogP contribution in [0.5, 0.6) is 0 Å². The smallest absolute Gasteiger partial charge is 0.287 e. The predicted molar refractivity (Wildman–Crippen MR) is 70.3 cm³/mol. The van der Waals surface area contributed by atoms with Gasteiger partial charge in [0, 0.05) is 25.7 Å². The van der Waals surface area contributed by atoms with Crippen molar-refractivity contribution in [3.8, 4) is 0 Å². The predicted octanol–water partition coefficient (Wildman–Crippen LogP) is 0.317. The summed E-state index contributed by atoms with van der Waals surface area (Å²) in [5.41, 5.74) is 0.302. The maximum Gasteiger partial charge on any atom is 0.287 e. The summed E-state index contributed by atoms with van der Waals surface area (Å²) >= 11 is 6.01. The van der Waals surface area contributed by atoms with Gasteiger partial charge in [-0.2, -0.15) is 5.10 Å². The van der Waals surface area contributed by atoms with E-state index in [1.807, 2.05) is 6.92 Å². The van der Waals surface area contributed by atoms with Gasteiger partial charge in [-0.3, -0.25) is 4.79 Å². The summed E-state index contributed by atoms with van der Waals surface area (Å²) in [7, 11) is 0. The van der Waals surface area contributed by atoms with Gasteiger partial charge in [0.05, 0.1) is 25.1 Å². The molecule has 1 aromatic rings. The number of morpholine rings is 1. The van der Waals surface area contributed by atoms with Gasteiger partial charge in [0.1, 0.15) is 5.02 Å². The van der Waals surface area contributed by atoms with Crippen LogP contribution >= 0.6 is 11.6 Å². The zero-order valence-corrected chi connectivity index (χ0v) is 11.0. The molecule has 0 radical (unpaired) electrons. The van der Waals surface area contributed by atoms with Crippen molar-refractivity contribution in [3.63, 3.8) is 0 Å². The lowest BCUT2D eigenvalue weighted by atomic mass is 10.2. The maximum absolute atomic E-state index is 11.8. The number of aromatic nitrogens is 2. The highest BCUT2D eigenvalue weighted by Crippen LogP contribution is 2.15. The average molecular weight is 273 g/mol. The summed E-state index contributed by atoms with van der Waals surface area (Å²) in [6, 6.07) is 0.225. The van der Waals surface area contributed by atoms with Crippen LogP contribution in [0.1, 0.15) is 6.92 Å². The lowest BCUT2D eigenvalue weighted by Crippen LogP contribution is -2.45. The van der Waals surface area contributed by atoms with Gasteiger partial charge < -0.3 is 15.4 Å². The monoisotopic (exact) mass is 272 g/mol. The van der Waals surface area contributed by atoms with Crippen LogP contribution in [-0.2, 0) is 11.3 Å². The largest absolute Gasteiger partial charge is 0.381 e. The number of anilines is 1. The van der Waals surface area contributed by atoms with Crippen LogP contribution in [-0.4, -0.2) is 42.1 Å². The number of aryl methyl sites for hydroxylation is 1. The van der Waals surface area contributed by atoms with Crippen LogP contribution in [0.25, 0.3) is 0 Å². The molecular formula is C11H17ClN4O2. The van der Waals surface area contributed by atoms with Crippen molar-refractivity contribution in [1.29, 1.82) is 0 Å². The Labute approximate surface area is 110 Å².